The number of nitrogens with zero attached hydrogens (tertiary/aromatic N) is 2. The van der Waals surface area contributed by atoms with Crippen molar-refractivity contribution in [3.05, 3.63) is 76.6 Å². The average molecular weight is 436 g/mol. The second-order valence-electron chi connectivity index (χ2n) is 7.30. The number of halogens is 1. The Labute approximate surface area is 185 Å². The molecule has 1 aromatic heterocycles. The maximum atomic E-state index is 13.1. The lowest BCUT2D eigenvalue weighted by Gasteiger charge is -2.18. The molecule has 4 rings (SSSR count). The number of ether oxygens (including phenoxy) is 1. The van der Waals surface area contributed by atoms with Gasteiger partial charge in [-0.25, -0.2) is 4.98 Å². The highest BCUT2D eigenvalue weighted by Gasteiger charge is 2.24. The number of hydrogen-bond donors (Lipinski definition) is 1. The zero-order valence-corrected chi connectivity index (χ0v) is 17.9. The van der Waals surface area contributed by atoms with E-state index in [4.69, 9.17) is 16.3 Å². The molecular weight excluding hydrogens is 414 g/mol. The lowest BCUT2D eigenvalue weighted by molar-refractivity contribution is -0.126. The second kappa shape index (κ2) is 9.18. The molecule has 2 heterocycles. The number of pyridine rings is 1. The number of amides is 2. The number of benzene rings is 2. The fraction of sp³-hybridized carbons (Fsp3) is 0.208. The van der Waals surface area contributed by atoms with E-state index in [2.05, 4.69) is 10.3 Å². The molecule has 31 heavy (non-hydrogen) atoms. The molecule has 0 unspecified atom stereocenters. The van der Waals surface area contributed by atoms with Crippen molar-refractivity contribution in [2.24, 2.45) is 0 Å². The largest absolute Gasteiger partial charge is 0.497 e. The summed E-state index contributed by atoms with van der Waals surface area (Å²) < 4.78 is 5.24. The molecule has 0 saturated carbocycles. The predicted octanol–water partition coefficient (Wildman–Crippen LogP) is 4.29. The first-order chi connectivity index (χ1) is 15.0. The van der Waals surface area contributed by atoms with Crippen LogP contribution in [0.15, 0.2) is 60.3 Å². The zero-order chi connectivity index (χ0) is 21.8. The second-order valence-corrected chi connectivity index (χ2v) is 7.66. The van der Waals surface area contributed by atoms with Crippen molar-refractivity contribution >= 4 is 40.4 Å². The van der Waals surface area contributed by atoms with Gasteiger partial charge < -0.3 is 15.0 Å². The summed E-state index contributed by atoms with van der Waals surface area (Å²) in [6.45, 7) is 1.34. The van der Waals surface area contributed by atoms with Crippen molar-refractivity contribution < 1.29 is 14.3 Å². The molecule has 2 aromatic carbocycles. The van der Waals surface area contributed by atoms with Crippen LogP contribution < -0.4 is 10.1 Å². The van der Waals surface area contributed by atoms with Gasteiger partial charge in [0, 0.05) is 35.7 Å². The van der Waals surface area contributed by atoms with E-state index < -0.39 is 0 Å². The molecule has 1 fully saturated rings. The predicted molar refractivity (Wildman–Crippen MR) is 121 cm³/mol. The van der Waals surface area contributed by atoms with Gasteiger partial charge >= 0.3 is 0 Å². The Kier molecular flexibility index (Phi) is 6.18. The van der Waals surface area contributed by atoms with Gasteiger partial charge in [0.15, 0.2) is 0 Å². The van der Waals surface area contributed by atoms with E-state index in [1.54, 1.807) is 48.4 Å². The Morgan fingerprint density at radius 2 is 1.84 bits per heavy atom. The molecule has 0 bridgehead atoms. The van der Waals surface area contributed by atoms with Crippen molar-refractivity contribution in [1.29, 1.82) is 0 Å². The molecule has 0 spiro atoms. The van der Waals surface area contributed by atoms with Gasteiger partial charge in [0.05, 0.1) is 12.6 Å². The van der Waals surface area contributed by atoms with Crippen molar-refractivity contribution in [2.75, 3.05) is 20.2 Å². The number of methoxy groups -OCH3 is 1. The van der Waals surface area contributed by atoms with E-state index in [0.717, 1.165) is 18.2 Å². The first-order valence-electron chi connectivity index (χ1n) is 10.1. The lowest BCUT2D eigenvalue weighted by Crippen LogP contribution is -2.36. The Hall–Kier alpha value is -3.38. The molecule has 0 atom stereocenters. The smallest absolute Gasteiger partial charge is 0.270 e. The first-order valence-corrected chi connectivity index (χ1v) is 10.4. The van der Waals surface area contributed by atoms with Crippen LogP contribution in [-0.2, 0) is 4.79 Å². The van der Waals surface area contributed by atoms with Crippen molar-refractivity contribution in [2.45, 2.75) is 12.8 Å². The summed E-state index contributed by atoms with van der Waals surface area (Å²) in [5.74, 6) is 0.0982. The number of likely N-dealkylation sites (tertiary alicyclic amines) is 1. The number of carbonyl (C=O) groups is 2. The standard InChI is InChI=1S/C24H22ClN3O3/c1-31-19-10-9-17-13-18(22(25)26-20(17)15-19)14-21(24(30)28-11-5-6-12-28)27-23(29)16-7-3-2-4-8-16/h2-4,7-10,13-15H,5-6,11-12H2,1H3,(H,27,29). The fourth-order valence-corrected chi connectivity index (χ4v) is 3.75. The summed E-state index contributed by atoms with van der Waals surface area (Å²) in [4.78, 5) is 32.1. The minimum absolute atomic E-state index is 0.173. The maximum absolute atomic E-state index is 13.1. The van der Waals surface area contributed by atoms with Gasteiger partial charge in [-0.2, -0.15) is 0 Å². The van der Waals surface area contributed by atoms with Gasteiger partial charge in [-0.3, -0.25) is 9.59 Å². The number of carbonyl (C=O) groups excluding carboxylic acids is 2. The summed E-state index contributed by atoms with van der Waals surface area (Å²) >= 11 is 6.43. The lowest BCUT2D eigenvalue weighted by atomic mass is 10.1. The normalized spacial score (nSPS) is 14.0. The molecule has 1 N–H and O–H groups in total. The summed E-state index contributed by atoms with van der Waals surface area (Å²) in [5, 5.41) is 3.86. The van der Waals surface area contributed by atoms with Crippen LogP contribution in [0.5, 0.6) is 5.75 Å². The van der Waals surface area contributed by atoms with Crippen molar-refractivity contribution in [1.82, 2.24) is 15.2 Å². The molecule has 158 valence electrons. The minimum Gasteiger partial charge on any atom is -0.497 e. The Morgan fingerprint density at radius 1 is 1.10 bits per heavy atom. The van der Waals surface area contributed by atoms with E-state index in [9.17, 15) is 9.59 Å². The van der Waals surface area contributed by atoms with Crippen LogP contribution in [-0.4, -0.2) is 41.9 Å². The number of aromatic nitrogens is 1. The molecule has 3 aromatic rings. The topological polar surface area (TPSA) is 71.5 Å². The summed E-state index contributed by atoms with van der Waals surface area (Å²) in [7, 11) is 1.59. The molecular formula is C24H22ClN3O3. The number of rotatable bonds is 5. The van der Waals surface area contributed by atoms with Crippen LogP contribution in [0.25, 0.3) is 17.0 Å². The molecule has 0 aliphatic carbocycles. The molecule has 1 aliphatic heterocycles. The van der Waals surface area contributed by atoms with E-state index in [0.29, 0.717) is 35.5 Å². The van der Waals surface area contributed by atoms with Gasteiger partial charge in [-0.1, -0.05) is 29.8 Å². The van der Waals surface area contributed by atoms with Crippen molar-refractivity contribution in [3.63, 3.8) is 0 Å². The quantitative estimate of drug-likeness (QED) is 0.479. The minimum atomic E-state index is -0.353. The first kappa shape index (κ1) is 20.9. The Balaban J connectivity index is 1.72. The number of nitrogens with one attached hydrogen (secondary N) is 1. The van der Waals surface area contributed by atoms with Gasteiger partial charge in [-0.05, 0) is 49.2 Å². The van der Waals surface area contributed by atoms with Crippen LogP contribution >= 0.6 is 11.6 Å². The monoisotopic (exact) mass is 435 g/mol. The maximum Gasteiger partial charge on any atom is 0.270 e. The van der Waals surface area contributed by atoms with Crippen molar-refractivity contribution in [3.8, 4) is 5.75 Å². The number of fused-ring (bicyclic) bond motifs is 1. The Morgan fingerprint density at radius 3 is 2.55 bits per heavy atom. The van der Waals surface area contributed by atoms with Gasteiger partial charge in [0.1, 0.15) is 16.6 Å². The summed E-state index contributed by atoms with van der Waals surface area (Å²) in [6, 6.07) is 16.1. The Bertz CT molecular complexity index is 1160. The third kappa shape index (κ3) is 4.70. The van der Waals surface area contributed by atoms with Crippen LogP contribution in [0.2, 0.25) is 5.15 Å². The van der Waals surface area contributed by atoms with E-state index in [-0.39, 0.29) is 22.7 Å². The SMILES string of the molecule is COc1ccc2cc(C=C(NC(=O)c3ccccc3)C(=O)N3CCCC3)c(Cl)nc2c1. The molecule has 2 amide bonds. The van der Waals surface area contributed by atoms with Crippen LogP contribution in [0.4, 0.5) is 0 Å². The molecule has 7 heteroatoms. The molecule has 6 nitrogen and oxygen atoms in total. The van der Waals surface area contributed by atoms with Gasteiger partial charge in [0.2, 0.25) is 0 Å². The molecule has 1 aliphatic rings. The van der Waals surface area contributed by atoms with Gasteiger partial charge in [0.25, 0.3) is 11.8 Å². The van der Waals surface area contributed by atoms with Crippen LogP contribution in [0, 0.1) is 0 Å². The highest BCUT2D eigenvalue weighted by molar-refractivity contribution is 6.31. The van der Waals surface area contributed by atoms with E-state index >= 15 is 0 Å². The highest BCUT2D eigenvalue weighted by atomic mass is 35.5. The average Bonchev–Trinajstić information content (AvgIpc) is 3.33. The third-order valence-corrected chi connectivity index (χ3v) is 5.52. The zero-order valence-electron chi connectivity index (χ0n) is 17.1. The molecule has 1 saturated heterocycles. The van der Waals surface area contributed by atoms with Crippen LogP contribution in [0.1, 0.15) is 28.8 Å². The van der Waals surface area contributed by atoms with Gasteiger partial charge in [-0.15, -0.1) is 0 Å². The summed E-state index contributed by atoms with van der Waals surface area (Å²) in [5.41, 5.74) is 1.88. The van der Waals surface area contributed by atoms with Crippen LogP contribution in [0.3, 0.4) is 0 Å². The van der Waals surface area contributed by atoms with E-state index in [1.165, 1.54) is 0 Å². The third-order valence-electron chi connectivity index (χ3n) is 5.21. The van der Waals surface area contributed by atoms with E-state index in [1.807, 2.05) is 24.3 Å². The molecule has 0 radical (unpaired) electrons. The summed E-state index contributed by atoms with van der Waals surface area (Å²) in [6.07, 6.45) is 3.50. The highest BCUT2D eigenvalue weighted by Crippen LogP contribution is 2.26. The number of hydrogen-bond acceptors (Lipinski definition) is 4. The fourth-order valence-electron chi connectivity index (χ4n) is 3.55.